The highest BCUT2D eigenvalue weighted by atomic mass is 35.5. The number of hydrogen-bond acceptors (Lipinski definition) is 10. The van der Waals surface area contributed by atoms with Crippen molar-refractivity contribution in [1.82, 2.24) is 40.3 Å². The van der Waals surface area contributed by atoms with Crippen LogP contribution in [0.3, 0.4) is 0 Å². The number of nitrogens with one attached hydrogen (secondary N) is 2. The van der Waals surface area contributed by atoms with Crippen LogP contribution in [0.4, 0.5) is 14.7 Å². The van der Waals surface area contributed by atoms with Crippen molar-refractivity contribution >= 4 is 73.8 Å². The molecular formula is C37H43Cl2N9O5S. The second-order valence-electron chi connectivity index (χ2n) is 13.7. The van der Waals surface area contributed by atoms with Gasteiger partial charge in [-0.25, -0.2) is 14.6 Å². The van der Waals surface area contributed by atoms with Crippen LogP contribution in [-0.2, 0) is 29.1 Å². The first kappa shape index (κ1) is 39.0. The summed E-state index contributed by atoms with van der Waals surface area (Å²) >= 11 is 13.7. The van der Waals surface area contributed by atoms with Crippen molar-refractivity contribution in [2.45, 2.75) is 51.6 Å². The number of hydrogen-bond donors (Lipinski definition) is 3. The molecule has 0 aliphatic carbocycles. The highest BCUT2D eigenvalue weighted by molar-refractivity contribution is 7.22. The number of nitrogen functional groups attached to an aromatic ring is 1. The average molecular weight is 797 g/mol. The number of thiazole rings is 1. The maximum absolute atomic E-state index is 14.5. The van der Waals surface area contributed by atoms with E-state index >= 15 is 0 Å². The Morgan fingerprint density at radius 2 is 1.78 bits per heavy atom. The molecule has 0 radical (unpaired) electrons. The van der Waals surface area contributed by atoms with Gasteiger partial charge in [-0.1, -0.05) is 64.9 Å². The minimum Gasteiger partial charge on any atom is -0.410 e. The van der Waals surface area contributed by atoms with Gasteiger partial charge >= 0.3 is 12.1 Å². The summed E-state index contributed by atoms with van der Waals surface area (Å²) < 4.78 is 6.33. The van der Waals surface area contributed by atoms with E-state index in [4.69, 9.17) is 33.7 Å². The molecule has 4 aromatic rings. The van der Waals surface area contributed by atoms with E-state index < -0.39 is 24.3 Å². The number of benzene rings is 3. The zero-order valence-electron chi connectivity index (χ0n) is 30.4. The van der Waals surface area contributed by atoms with Crippen LogP contribution in [0.1, 0.15) is 30.5 Å². The molecule has 17 heteroatoms. The van der Waals surface area contributed by atoms with Crippen LogP contribution in [0.15, 0.2) is 60.7 Å². The molecule has 0 unspecified atom stereocenters. The molecule has 0 spiro atoms. The Bertz CT molecular complexity index is 2030. The van der Waals surface area contributed by atoms with E-state index in [2.05, 4.69) is 15.6 Å². The summed E-state index contributed by atoms with van der Waals surface area (Å²) in [6.45, 7) is 5.29. The second kappa shape index (κ2) is 16.8. The molecule has 3 heterocycles. The first-order valence-electron chi connectivity index (χ1n) is 17.5. The lowest BCUT2D eigenvalue weighted by Crippen LogP contribution is -2.66. The van der Waals surface area contributed by atoms with Crippen LogP contribution < -0.4 is 21.1 Å². The van der Waals surface area contributed by atoms with Gasteiger partial charge in [-0.3, -0.25) is 14.6 Å². The predicted octanol–water partition coefficient (Wildman–Crippen LogP) is 4.79. The zero-order chi connectivity index (χ0) is 38.7. The Morgan fingerprint density at radius 1 is 1.04 bits per heavy atom. The Hall–Kier alpha value is -4.67. The van der Waals surface area contributed by atoms with Crippen molar-refractivity contribution in [3.8, 4) is 5.75 Å². The Morgan fingerprint density at radius 3 is 2.48 bits per heavy atom. The number of para-hydroxylation sites is 1. The first-order chi connectivity index (χ1) is 25.8. The van der Waals surface area contributed by atoms with Crippen LogP contribution in [0.5, 0.6) is 5.75 Å². The predicted molar refractivity (Wildman–Crippen MR) is 209 cm³/mol. The third-order valence-electron chi connectivity index (χ3n) is 9.24. The first-order valence-corrected chi connectivity index (χ1v) is 19.1. The number of aromatic nitrogens is 1. The lowest BCUT2D eigenvalue weighted by molar-refractivity contribution is -0.158. The molecule has 14 nitrogen and oxygen atoms in total. The minimum absolute atomic E-state index is 0.103. The van der Waals surface area contributed by atoms with Crippen molar-refractivity contribution in [1.29, 1.82) is 0 Å². The summed E-state index contributed by atoms with van der Waals surface area (Å²) in [5.74, 6) is -0.166. The summed E-state index contributed by atoms with van der Waals surface area (Å²) in [7, 11) is 3.82. The van der Waals surface area contributed by atoms with Gasteiger partial charge in [-0.2, -0.15) is 5.01 Å². The van der Waals surface area contributed by atoms with E-state index in [-0.39, 0.29) is 50.5 Å². The van der Waals surface area contributed by atoms with E-state index in [0.29, 0.717) is 34.0 Å². The van der Waals surface area contributed by atoms with Crippen molar-refractivity contribution in [3.05, 3.63) is 87.4 Å². The van der Waals surface area contributed by atoms with Crippen LogP contribution in [0.25, 0.3) is 10.2 Å². The largest absolute Gasteiger partial charge is 0.412 e. The quantitative estimate of drug-likeness (QED) is 0.184. The van der Waals surface area contributed by atoms with Crippen LogP contribution in [0.2, 0.25) is 10.0 Å². The fraction of sp³-hybridized carbons (Fsp3) is 0.378. The molecule has 2 fully saturated rings. The second-order valence-corrected chi connectivity index (χ2v) is 15.6. The van der Waals surface area contributed by atoms with E-state index in [0.717, 1.165) is 26.9 Å². The summed E-state index contributed by atoms with van der Waals surface area (Å²) in [6.07, 6.45) is -1.02. The van der Waals surface area contributed by atoms with Crippen LogP contribution in [-0.4, -0.2) is 112 Å². The third kappa shape index (κ3) is 8.82. The van der Waals surface area contributed by atoms with Gasteiger partial charge in [0.05, 0.1) is 33.4 Å². The number of piperazine rings is 1. The molecule has 0 saturated carbocycles. The maximum Gasteiger partial charge on any atom is 0.412 e. The fourth-order valence-corrected chi connectivity index (χ4v) is 7.82. The number of hydrazine groups is 1. The molecule has 2 atom stereocenters. The lowest BCUT2D eigenvalue weighted by Gasteiger charge is -2.47. The molecule has 2 aliphatic rings. The van der Waals surface area contributed by atoms with Crippen molar-refractivity contribution in [3.63, 3.8) is 0 Å². The zero-order valence-corrected chi connectivity index (χ0v) is 32.7. The number of amides is 5. The lowest BCUT2D eigenvalue weighted by atomic mass is 9.99. The number of nitrogens with zero attached hydrogens (tertiary/aromatic N) is 6. The molecule has 6 rings (SSSR count). The van der Waals surface area contributed by atoms with Crippen LogP contribution in [0, 0.1) is 0 Å². The number of nitrogens with two attached hydrogens (primary N) is 1. The number of rotatable bonds is 12. The minimum atomic E-state index is -0.879. The summed E-state index contributed by atoms with van der Waals surface area (Å²) in [5, 5.41) is 10.2. The molecule has 3 aromatic carbocycles. The van der Waals surface area contributed by atoms with Gasteiger partial charge in [0, 0.05) is 38.6 Å². The number of anilines is 1. The van der Waals surface area contributed by atoms with Crippen molar-refractivity contribution < 1.29 is 23.9 Å². The van der Waals surface area contributed by atoms with E-state index in [1.165, 1.54) is 11.3 Å². The number of carbonyl (C=O) groups is 4. The molecule has 4 N–H and O–H groups in total. The highest BCUT2D eigenvalue weighted by Crippen LogP contribution is 2.33. The van der Waals surface area contributed by atoms with Crippen molar-refractivity contribution in [2.24, 2.45) is 0 Å². The van der Waals surface area contributed by atoms with Gasteiger partial charge in [-0.05, 0) is 75.0 Å². The summed E-state index contributed by atoms with van der Waals surface area (Å²) in [5.41, 5.74) is 9.11. The van der Waals surface area contributed by atoms with Gasteiger partial charge in [0.2, 0.25) is 11.8 Å². The van der Waals surface area contributed by atoms with Crippen molar-refractivity contribution in [2.75, 3.05) is 46.0 Å². The van der Waals surface area contributed by atoms with E-state index in [1.807, 2.05) is 51.0 Å². The SMILES string of the molecule is CC(C)N(C(=O)NCc1ccc(Cl)c(Cl)c1)N1CC(=O)N2[C@@H](Cc3ccc(OC(=O)NCCN(C)C)cc3)C(=O)N(Cc3cccc4sc(N)nc34)C[C@@H]21. The van der Waals surface area contributed by atoms with Gasteiger partial charge in [-0.15, -0.1) is 0 Å². The van der Waals surface area contributed by atoms with Gasteiger partial charge in [0.1, 0.15) is 18.0 Å². The number of urea groups is 1. The Balaban J connectivity index is 1.26. The standard InChI is InChI=1S/C37H43Cl2N9O5S/c1-22(2)48(36(51)42-18-24-10-13-27(38)28(39)16-24)46-21-32(49)47-29(17-23-8-11-26(12-9-23)53-37(52)41-14-15-44(3)4)34(50)45(20-31(46)47)19-25-6-5-7-30-33(25)43-35(40)54-30/h5-13,16,22,29,31H,14-15,17-21H2,1-4H3,(H2,40,43)(H,41,52)(H,42,51)/t29-,31+/m0/s1. The number of carbonyl (C=O) groups excluding carboxylic acids is 4. The highest BCUT2D eigenvalue weighted by Gasteiger charge is 2.52. The van der Waals surface area contributed by atoms with Crippen LogP contribution >= 0.6 is 34.5 Å². The van der Waals surface area contributed by atoms with Gasteiger partial charge in [0.15, 0.2) is 5.13 Å². The summed E-state index contributed by atoms with van der Waals surface area (Å²) in [6, 6.07) is 16.1. The molecule has 1 aromatic heterocycles. The topological polar surface area (TPSA) is 157 Å². The molecule has 0 bridgehead atoms. The third-order valence-corrected chi connectivity index (χ3v) is 10.8. The molecule has 5 amide bonds. The maximum atomic E-state index is 14.5. The summed E-state index contributed by atoms with van der Waals surface area (Å²) in [4.78, 5) is 64.4. The normalized spacial score (nSPS) is 17.4. The number of halogens is 2. The number of likely N-dealkylation sites (N-methyl/N-ethyl adjacent to an activating group) is 1. The monoisotopic (exact) mass is 795 g/mol. The molecule has 286 valence electrons. The fourth-order valence-electron chi connectivity index (χ4n) is 6.72. The molecule has 54 heavy (non-hydrogen) atoms. The average Bonchev–Trinajstić information content (AvgIpc) is 3.66. The number of fused-ring (bicyclic) bond motifs is 2. The Kier molecular flexibility index (Phi) is 12.1. The Labute approximate surface area is 327 Å². The van der Waals surface area contributed by atoms with E-state index in [9.17, 15) is 19.2 Å². The molecule has 2 aliphatic heterocycles. The molecular weight excluding hydrogens is 753 g/mol. The van der Waals surface area contributed by atoms with Gasteiger partial charge < -0.3 is 35.8 Å². The van der Waals surface area contributed by atoms with E-state index in [1.54, 1.807) is 62.3 Å². The smallest absolute Gasteiger partial charge is 0.410 e. The van der Waals surface area contributed by atoms with Gasteiger partial charge in [0.25, 0.3) is 0 Å². The number of ether oxygens (including phenoxy) is 1. The molecule has 2 saturated heterocycles.